The number of hydrogen-bond donors (Lipinski definition) is 1. The van der Waals surface area contributed by atoms with Crippen molar-refractivity contribution in [3.63, 3.8) is 0 Å². The maximum atomic E-state index is 13.2. The predicted molar refractivity (Wildman–Crippen MR) is 82.5 cm³/mol. The number of carbonyl (C=O) groups is 1. The van der Waals surface area contributed by atoms with Gasteiger partial charge in [0.2, 0.25) is 0 Å². The van der Waals surface area contributed by atoms with Gasteiger partial charge >= 0.3 is 0 Å². The molecule has 0 amide bonds. The molecule has 0 spiro atoms. The van der Waals surface area contributed by atoms with E-state index in [0.717, 1.165) is 18.6 Å². The summed E-state index contributed by atoms with van der Waals surface area (Å²) in [6.07, 6.45) is 0.858. The lowest BCUT2D eigenvalue weighted by Crippen LogP contribution is -2.35. The van der Waals surface area contributed by atoms with Crippen LogP contribution in [-0.2, 0) is 6.42 Å². The lowest BCUT2D eigenvalue weighted by molar-refractivity contribution is 0.0921. The highest BCUT2D eigenvalue weighted by molar-refractivity contribution is 7.09. The number of nitrogens with zero attached hydrogens (tertiary/aromatic N) is 1. The maximum Gasteiger partial charge on any atom is 0.180 e. The van der Waals surface area contributed by atoms with Crippen molar-refractivity contribution in [2.75, 3.05) is 13.6 Å². The van der Waals surface area contributed by atoms with E-state index in [1.165, 1.54) is 10.9 Å². The van der Waals surface area contributed by atoms with Crippen LogP contribution in [0.3, 0.4) is 0 Å². The van der Waals surface area contributed by atoms with E-state index < -0.39 is 5.82 Å². The largest absolute Gasteiger partial charge is 0.507 e. The van der Waals surface area contributed by atoms with Crippen molar-refractivity contribution in [1.82, 2.24) is 4.90 Å². The summed E-state index contributed by atoms with van der Waals surface area (Å²) in [4.78, 5) is 15.3. The lowest BCUT2D eigenvalue weighted by atomic mass is 10.1. The monoisotopic (exact) mass is 307 g/mol. The van der Waals surface area contributed by atoms with Gasteiger partial charge in [-0.15, -0.1) is 11.3 Å². The summed E-state index contributed by atoms with van der Waals surface area (Å²) in [6.45, 7) is 2.18. The Morgan fingerprint density at radius 2 is 2.19 bits per heavy atom. The van der Waals surface area contributed by atoms with Crippen molar-refractivity contribution in [3.8, 4) is 5.75 Å². The Hall–Kier alpha value is -1.72. The summed E-state index contributed by atoms with van der Waals surface area (Å²) in [7, 11) is 1.85. The number of aromatic hydroxyl groups is 1. The van der Waals surface area contributed by atoms with E-state index in [1.54, 1.807) is 11.3 Å². The molecule has 1 atom stereocenters. The van der Waals surface area contributed by atoms with Gasteiger partial charge in [-0.1, -0.05) is 6.07 Å². The van der Waals surface area contributed by atoms with Crippen LogP contribution in [0.15, 0.2) is 35.7 Å². The summed E-state index contributed by atoms with van der Waals surface area (Å²) in [6, 6.07) is 7.67. The standard InChI is InChI=1S/C16H18FNO2S/c1-11(8-13-4-3-7-21-13)18(2)10-16(20)14-9-12(17)5-6-15(14)19/h3-7,9,11,19H,8,10H2,1-2H3. The van der Waals surface area contributed by atoms with Crippen molar-refractivity contribution in [2.45, 2.75) is 19.4 Å². The number of halogens is 1. The first-order chi connectivity index (χ1) is 9.97. The first-order valence-corrected chi connectivity index (χ1v) is 7.59. The fourth-order valence-electron chi connectivity index (χ4n) is 2.07. The SMILES string of the molecule is CC(Cc1cccs1)N(C)CC(=O)c1cc(F)ccc1O. The van der Waals surface area contributed by atoms with Gasteiger partial charge < -0.3 is 5.11 Å². The average Bonchev–Trinajstić information content (AvgIpc) is 2.94. The molecule has 0 bridgehead atoms. The molecule has 0 radical (unpaired) electrons. The summed E-state index contributed by atoms with van der Waals surface area (Å²) in [5.41, 5.74) is 0.0326. The molecule has 0 saturated carbocycles. The van der Waals surface area contributed by atoms with Crippen LogP contribution in [0.4, 0.5) is 4.39 Å². The Bertz CT molecular complexity index is 613. The fraction of sp³-hybridized carbons (Fsp3) is 0.312. The number of benzene rings is 1. The number of carbonyl (C=O) groups excluding carboxylic acids is 1. The molecule has 21 heavy (non-hydrogen) atoms. The number of phenols is 1. The molecule has 1 unspecified atom stereocenters. The third-order valence-electron chi connectivity index (χ3n) is 3.48. The van der Waals surface area contributed by atoms with Crippen molar-refractivity contribution < 1.29 is 14.3 Å². The first-order valence-electron chi connectivity index (χ1n) is 6.71. The molecule has 0 aliphatic rings. The number of Topliss-reactive ketones (excluding diaryl/α,β-unsaturated/α-hetero) is 1. The minimum absolute atomic E-state index is 0.0326. The molecule has 3 nitrogen and oxygen atoms in total. The van der Waals surface area contributed by atoms with Gasteiger partial charge in [0.25, 0.3) is 0 Å². The smallest absolute Gasteiger partial charge is 0.180 e. The van der Waals surface area contributed by atoms with Gasteiger partial charge in [-0.3, -0.25) is 9.69 Å². The van der Waals surface area contributed by atoms with E-state index in [-0.39, 0.29) is 29.7 Å². The lowest BCUT2D eigenvalue weighted by Gasteiger charge is -2.23. The van der Waals surface area contributed by atoms with Crippen molar-refractivity contribution in [2.24, 2.45) is 0 Å². The topological polar surface area (TPSA) is 40.5 Å². The number of likely N-dealkylation sites (N-methyl/N-ethyl adjacent to an activating group) is 1. The summed E-state index contributed by atoms with van der Waals surface area (Å²) >= 11 is 1.69. The quantitative estimate of drug-likeness (QED) is 0.832. The van der Waals surface area contributed by atoms with Gasteiger partial charge in [0.1, 0.15) is 11.6 Å². The molecule has 0 aliphatic carbocycles. The number of rotatable bonds is 6. The number of phenolic OH excluding ortho intramolecular Hbond substituents is 1. The van der Waals surface area contributed by atoms with Gasteiger partial charge in [-0.25, -0.2) is 4.39 Å². The molecule has 1 aromatic heterocycles. The Labute approximate surface area is 127 Å². The van der Waals surface area contributed by atoms with Crippen molar-refractivity contribution in [1.29, 1.82) is 0 Å². The van der Waals surface area contributed by atoms with E-state index in [1.807, 2.05) is 30.3 Å². The average molecular weight is 307 g/mol. The second kappa shape index (κ2) is 6.83. The second-order valence-corrected chi connectivity index (χ2v) is 6.16. The minimum atomic E-state index is -0.523. The van der Waals surface area contributed by atoms with Crippen LogP contribution < -0.4 is 0 Å². The zero-order chi connectivity index (χ0) is 15.4. The van der Waals surface area contributed by atoms with Crippen LogP contribution >= 0.6 is 11.3 Å². The minimum Gasteiger partial charge on any atom is -0.507 e. The third kappa shape index (κ3) is 4.12. The van der Waals surface area contributed by atoms with E-state index >= 15 is 0 Å². The van der Waals surface area contributed by atoms with Crippen LogP contribution in [0.1, 0.15) is 22.2 Å². The van der Waals surface area contributed by atoms with E-state index in [9.17, 15) is 14.3 Å². The first kappa shape index (κ1) is 15.7. The molecule has 1 heterocycles. The maximum absolute atomic E-state index is 13.2. The fourth-order valence-corrected chi connectivity index (χ4v) is 2.90. The molecule has 5 heteroatoms. The summed E-state index contributed by atoms with van der Waals surface area (Å²) in [5, 5.41) is 11.7. The molecule has 1 N–H and O–H groups in total. The van der Waals surface area contributed by atoms with E-state index in [0.29, 0.717) is 0 Å². The zero-order valence-corrected chi connectivity index (χ0v) is 12.9. The Balaban J connectivity index is 1.99. The van der Waals surface area contributed by atoms with E-state index in [4.69, 9.17) is 0 Å². The molecular formula is C16H18FNO2S. The molecule has 2 aromatic rings. The molecule has 2 rings (SSSR count). The van der Waals surface area contributed by atoms with Gasteiger partial charge in [-0.05, 0) is 50.0 Å². The Kier molecular flexibility index (Phi) is 5.09. The van der Waals surface area contributed by atoms with Crippen LogP contribution in [0.25, 0.3) is 0 Å². The molecule has 112 valence electrons. The molecule has 0 fully saturated rings. The highest BCUT2D eigenvalue weighted by atomic mass is 32.1. The van der Waals surface area contributed by atoms with Gasteiger partial charge in [-0.2, -0.15) is 0 Å². The number of ketones is 1. The van der Waals surface area contributed by atoms with Gasteiger partial charge in [0, 0.05) is 10.9 Å². The van der Waals surface area contributed by atoms with Crippen molar-refractivity contribution in [3.05, 3.63) is 52.0 Å². The molecule has 0 saturated heterocycles. The summed E-state index contributed by atoms with van der Waals surface area (Å²) < 4.78 is 13.2. The van der Waals surface area contributed by atoms with Crippen LogP contribution in [0.5, 0.6) is 5.75 Å². The van der Waals surface area contributed by atoms with Gasteiger partial charge in [0.15, 0.2) is 5.78 Å². The Morgan fingerprint density at radius 1 is 1.43 bits per heavy atom. The molecular weight excluding hydrogens is 289 g/mol. The number of hydrogen-bond acceptors (Lipinski definition) is 4. The third-order valence-corrected chi connectivity index (χ3v) is 4.38. The van der Waals surface area contributed by atoms with Crippen LogP contribution in [0, 0.1) is 5.82 Å². The van der Waals surface area contributed by atoms with Gasteiger partial charge in [0.05, 0.1) is 12.1 Å². The zero-order valence-electron chi connectivity index (χ0n) is 12.0. The Morgan fingerprint density at radius 3 is 2.86 bits per heavy atom. The normalized spacial score (nSPS) is 12.6. The molecule has 0 aliphatic heterocycles. The van der Waals surface area contributed by atoms with Crippen molar-refractivity contribution >= 4 is 17.1 Å². The predicted octanol–water partition coefficient (Wildman–Crippen LogP) is 3.34. The number of thiophene rings is 1. The highest BCUT2D eigenvalue weighted by Crippen LogP contribution is 2.19. The summed E-state index contributed by atoms with van der Waals surface area (Å²) in [5.74, 6) is -0.987. The van der Waals surface area contributed by atoms with Crippen LogP contribution in [0.2, 0.25) is 0 Å². The van der Waals surface area contributed by atoms with E-state index in [2.05, 4.69) is 6.07 Å². The molecule has 1 aromatic carbocycles. The van der Waals surface area contributed by atoms with Crippen LogP contribution in [-0.4, -0.2) is 35.4 Å². The second-order valence-electron chi connectivity index (χ2n) is 5.13. The highest BCUT2D eigenvalue weighted by Gasteiger charge is 2.18.